The van der Waals surface area contributed by atoms with Crippen LogP contribution in [0.2, 0.25) is 0 Å². The molecule has 7 nitrogen and oxygen atoms in total. The second-order valence-corrected chi connectivity index (χ2v) is 6.80. The van der Waals surface area contributed by atoms with E-state index in [1.165, 1.54) is 12.1 Å². The molecule has 3 N–H and O–H groups in total. The van der Waals surface area contributed by atoms with E-state index in [1.807, 2.05) is 42.2 Å². The Morgan fingerprint density at radius 3 is 2.72 bits per heavy atom. The Morgan fingerprint density at radius 1 is 1.03 bits per heavy atom. The minimum atomic E-state index is -0.320. The molecular formula is C21H17FN6O. The third-order valence-corrected chi connectivity index (χ3v) is 5.05. The van der Waals surface area contributed by atoms with Crippen molar-refractivity contribution in [2.75, 3.05) is 12.8 Å². The number of hydrogen-bond donors (Lipinski definition) is 2. The summed E-state index contributed by atoms with van der Waals surface area (Å²) in [6, 6.07) is 10.4. The summed E-state index contributed by atoms with van der Waals surface area (Å²) < 4.78 is 21.3. The minimum absolute atomic E-state index is 0.0624. The zero-order valence-corrected chi connectivity index (χ0v) is 15.8. The predicted octanol–water partition coefficient (Wildman–Crippen LogP) is 3.91. The van der Waals surface area contributed by atoms with E-state index in [0.29, 0.717) is 11.4 Å². The van der Waals surface area contributed by atoms with Crippen LogP contribution in [0.25, 0.3) is 44.3 Å². The number of H-pyrrole nitrogens is 1. The number of fused-ring (bicyclic) bond motifs is 2. The molecule has 0 aliphatic rings. The van der Waals surface area contributed by atoms with Gasteiger partial charge in [0.05, 0.1) is 7.11 Å². The second-order valence-electron chi connectivity index (χ2n) is 6.80. The first kappa shape index (κ1) is 17.2. The lowest BCUT2D eigenvalue weighted by atomic mass is 10.0. The van der Waals surface area contributed by atoms with Crippen molar-refractivity contribution in [3.63, 3.8) is 0 Å². The standard InChI is InChI=1S/C21H17FN6O/c1-28-10-16(14-7-11(22)3-6-18(14)28)20-19(25-21(23)27-26-20)15-9-24-17-5-4-12(29-2)8-13(15)17/h3-10,24H,1-2H3,(H2,23,25,27). The largest absolute Gasteiger partial charge is 0.497 e. The number of aromatic amines is 1. The number of aromatic nitrogens is 5. The van der Waals surface area contributed by atoms with E-state index in [4.69, 9.17) is 10.5 Å². The third-order valence-electron chi connectivity index (χ3n) is 5.05. The lowest BCUT2D eigenvalue weighted by Crippen LogP contribution is -2.02. The van der Waals surface area contributed by atoms with Gasteiger partial charge in [0.2, 0.25) is 5.95 Å². The maximum absolute atomic E-state index is 14.0. The van der Waals surface area contributed by atoms with Crippen LogP contribution in [0.3, 0.4) is 0 Å². The number of anilines is 1. The van der Waals surface area contributed by atoms with Gasteiger partial charge in [0.15, 0.2) is 0 Å². The molecule has 0 spiro atoms. The quantitative estimate of drug-likeness (QED) is 0.489. The van der Waals surface area contributed by atoms with E-state index in [9.17, 15) is 4.39 Å². The molecule has 29 heavy (non-hydrogen) atoms. The summed E-state index contributed by atoms with van der Waals surface area (Å²) in [6.45, 7) is 0. The molecule has 3 heterocycles. The molecule has 0 radical (unpaired) electrons. The number of nitrogens with zero attached hydrogens (tertiary/aromatic N) is 4. The Kier molecular flexibility index (Phi) is 3.73. The average molecular weight is 388 g/mol. The number of benzene rings is 2. The molecule has 2 aromatic carbocycles. The summed E-state index contributed by atoms with van der Waals surface area (Å²) in [5.41, 5.74) is 10.3. The zero-order chi connectivity index (χ0) is 20.1. The van der Waals surface area contributed by atoms with Crippen LogP contribution in [0.1, 0.15) is 0 Å². The highest BCUT2D eigenvalue weighted by molar-refractivity contribution is 6.03. The molecule has 5 aromatic rings. The highest BCUT2D eigenvalue weighted by atomic mass is 19.1. The normalized spacial score (nSPS) is 11.4. The van der Waals surface area contributed by atoms with Crippen molar-refractivity contribution < 1.29 is 9.13 Å². The Morgan fingerprint density at radius 2 is 1.90 bits per heavy atom. The van der Waals surface area contributed by atoms with Crippen LogP contribution < -0.4 is 10.5 Å². The molecule has 0 aliphatic carbocycles. The van der Waals surface area contributed by atoms with Crippen LogP contribution in [0.5, 0.6) is 5.75 Å². The van der Waals surface area contributed by atoms with E-state index < -0.39 is 0 Å². The Balaban J connectivity index is 1.82. The number of nitrogens with two attached hydrogens (primary N) is 1. The van der Waals surface area contributed by atoms with Crippen molar-refractivity contribution in [3.8, 4) is 28.3 Å². The van der Waals surface area contributed by atoms with E-state index in [0.717, 1.165) is 38.7 Å². The molecule has 0 saturated carbocycles. The fraction of sp³-hybridized carbons (Fsp3) is 0.0952. The molecule has 0 atom stereocenters. The third kappa shape index (κ3) is 2.68. The van der Waals surface area contributed by atoms with Gasteiger partial charge in [-0.1, -0.05) is 0 Å². The molecule has 0 aliphatic heterocycles. The predicted molar refractivity (Wildman–Crippen MR) is 110 cm³/mol. The fourth-order valence-corrected chi connectivity index (χ4v) is 3.68. The van der Waals surface area contributed by atoms with Gasteiger partial charge in [0, 0.05) is 52.4 Å². The molecule has 5 rings (SSSR count). The molecule has 144 valence electrons. The molecule has 0 amide bonds. The molecule has 8 heteroatoms. The second kappa shape index (κ2) is 6.30. The van der Waals surface area contributed by atoms with Gasteiger partial charge >= 0.3 is 0 Å². The number of aryl methyl sites for hydroxylation is 1. The van der Waals surface area contributed by atoms with Crippen LogP contribution in [0, 0.1) is 5.82 Å². The molecule has 0 unspecified atom stereocenters. The molecule has 0 saturated heterocycles. The smallest absolute Gasteiger partial charge is 0.240 e. The maximum atomic E-state index is 14.0. The summed E-state index contributed by atoms with van der Waals surface area (Å²) in [4.78, 5) is 7.71. The first-order chi connectivity index (χ1) is 14.0. The van der Waals surface area contributed by atoms with Crippen molar-refractivity contribution in [1.29, 1.82) is 0 Å². The summed E-state index contributed by atoms with van der Waals surface area (Å²) in [6.07, 6.45) is 3.74. The fourth-order valence-electron chi connectivity index (χ4n) is 3.68. The summed E-state index contributed by atoms with van der Waals surface area (Å²) in [5, 5.41) is 9.93. The van der Waals surface area contributed by atoms with Crippen LogP contribution >= 0.6 is 0 Å². The Bertz CT molecular complexity index is 1390. The highest BCUT2D eigenvalue weighted by Crippen LogP contribution is 2.38. The number of nitrogens with one attached hydrogen (secondary N) is 1. The van der Waals surface area contributed by atoms with E-state index >= 15 is 0 Å². The molecule has 3 aromatic heterocycles. The molecule has 0 bridgehead atoms. The van der Waals surface area contributed by atoms with Gasteiger partial charge in [-0.15, -0.1) is 10.2 Å². The van der Waals surface area contributed by atoms with Crippen LogP contribution in [-0.2, 0) is 7.05 Å². The maximum Gasteiger partial charge on any atom is 0.240 e. The van der Waals surface area contributed by atoms with Crippen molar-refractivity contribution in [2.45, 2.75) is 0 Å². The van der Waals surface area contributed by atoms with E-state index in [-0.39, 0.29) is 11.8 Å². The number of hydrogen-bond acceptors (Lipinski definition) is 5. The van der Waals surface area contributed by atoms with Gasteiger partial charge in [0.25, 0.3) is 0 Å². The van der Waals surface area contributed by atoms with Gasteiger partial charge in [-0.25, -0.2) is 9.37 Å². The summed E-state index contributed by atoms with van der Waals surface area (Å²) in [7, 11) is 3.52. The Labute approximate surface area is 165 Å². The minimum Gasteiger partial charge on any atom is -0.497 e. The van der Waals surface area contributed by atoms with E-state index in [1.54, 1.807) is 13.2 Å². The number of halogens is 1. The van der Waals surface area contributed by atoms with Crippen molar-refractivity contribution in [1.82, 2.24) is 24.7 Å². The summed E-state index contributed by atoms with van der Waals surface area (Å²) >= 11 is 0. The summed E-state index contributed by atoms with van der Waals surface area (Å²) in [5.74, 6) is 0.467. The number of nitrogen functional groups attached to an aromatic ring is 1. The van der Waals surface area contributed by atoms with Crippen molar-refractivity contribution in [2.24, 2.45) is 7.05 Å². The van der Waals surface area contributed by atoms with Crippen LogP contribution in [-0.4, -0.2) is 31.8 Å². The van der Waals surface area contributed by atoms with Crippen molar-refractivity contribution in [3.05, 3.63) is 54.6 Å². The van der Waals surface area contributed by atoms with Gasteiger partial charge in [-0.3, -0.25) is 0 Å². The van der Waals surface area contributed by atoms with Crippen LogP contribution in [0.4, 0.5) is 10.3 Å². The number of rotatable bonds is 3. The average Bonchev–Trinajstić information content (AvgIpc) is 3.28. The van der Waals surface area contributed by atoms with Crippen LogP contribution in [0.15, 0.2) is 48.8 Å². The van der Waals surface area contributed by atoms with Gasteiger partial charge in [0.1, 0.15) is 23.0 Å². The topological polar surface area (TPSA) is 94.6 Å². The van der Waals surface area contributed by atoms with E-state index in [2.05, 4.69) is 20.2 Å². The Hall–Kier alpha value is -3.94. The first-order valence-corrected chi connectivity index (χ1v) is 8.96. The first-order valence-electron chi connectivity index (χ1n) is 8.96. The number of ether oxygens (including phenoxy) is 1. The molecule has 0 fully saturated rings. The SMILES string of the molecule is COc1ccc2[nH]cc(-c3nc(N)nnc3-c3cn(C)c4ccc(F)cc34)c2c1. The lowest BCUT2D eigenvalue weighted by Gasteiger charge is -2.07. The molecular weight excluding hydrogens is 371 g/mol. The van der Waals surface area contributed by atoms with Crippen molar-refractivity contribution >= 4 is 27.8 Å². The van der Waals surface area contributed by atoms with Gasteiger partial charge < -0.3 is 20.0 Å². The number of methoxy groups -OCH3 is 1. The highest BCUT2D eigenvalue weighted by Gasteiger charge is 2.20. The van der Waals surface area contributed by atoms with Gasteiger partial charge in [-0.05, 0) is 36.4 Å². The zero-order valence-electron chi connectivity index (χ0n) is 15.8. The van der Waals surface area contributed by atoms with Gasteiger partial charge in [-0.2, -0.15) is 0 Å². The lowest BCUT2D eigenvalue weighted by molar-refractivity contribution is 0.415. The monoisotopic (exact) mass is 388 g/mol.